The van der Waals surface area contributed by atoms with Gasteiger partial charge in [-0.05, 0) is 15.5 Å². The lowest BCUT2D eigenvalue weighted by molar-refractivity contribution is 0.708. The number of rotatable bonds is 2. The number of halogens is 1. The van der Waals surface area contributed by atoms with Crippen molar-refractivity contribution in [2.24, 2.45) is 0 Å². The lowest BCUT2D eigenvalue weighted by atomic mass is 10.2. The molecule has 0 saturated heterocycles. The van der Waals surface area contributed by atoms with Gasteiger partial charge >= 0.3 is 0 Å². The maximum absolute atomic E-state index is 6.64. The van der Waals surface area contributed by atoms with Crippen LogP contribution in [0.2, 0.25) is 0 Å². The Morgan fingerprint density at radius 1 is 0.688 bits per heavy atom. The minimum atomic E-state index is -0.389. The maximum Gasteiger partial charge on any atom is 0.00327 e. The smallest absolute Gasteiger partial charge is 0.00327 e. The molecule has 0 aliphatic rings. The summed E-state index contributed by atoms with van der Waals surface area (Å²) in [6, 6.07) is 0. The molecule has 0 aromatic carbocycles. The highest BCUT2D eigenvalue weighted by Gasteiger charge is 2.37. The molecule has 0 radical (unpaired) electrons. The normalized spacial score (nSPS) is 16.7. The molecule has 0 aliphatic carbocycles. The molecule has 1 unspecified atom stereocenters. The molecule has 0 aromatic rings. The standard InChI is InChI=1S/C13H29ClP2/c1-11(2,3)15(12(4,5)6)10-16(14)13(7,8)9/h10H2,1-9H3. The van der Waals surface area contributed by atoms with Crippen molar-refractivity contribution in [3.8, 4) is 0 Å². The first-order valence-corrected chi connectivity index (χ1v) is 9.93. The van der Waals surface area contributed by atoms with E-state index in [1.54, 1.807) is 0 Å². The molecule has 3 heteroatoms. The molecule has 0 fully saturated rings. The third-order valence-electron chi connectivity index (χ3n) is 2.61. The zero-order chi connectivity index (χ0) is 13.4. The van der Waals surface area contributed by atoms with Crippen molar-refractivity contribution < 1.29 is 0 Å². The van der Waals surface area contributed by atoms with E-state index in [1.165, 1.54) is 5.90 Å². The Bertz CT molecular complexity index is 204. The molecule has 0 nitrogen and oxygen atoms in total. The van der Waals surface area contributed by atoms with E-state index in [1.807, 2.05) is 0 Å². The van der Waals surface area contributed by atoms with Gasteiger partial charge in [0.2, 0.25) is 0 Å². The number of hydrogen-bond donors (Lipinski definition) is 0. The quantitative estimate of drug-likeness (QED) is 0.510. The topological polar surface area (TPSA) is 0 Å². The van der Waals surface area contributed by atoms with E-state index in [9.17, 15) is 0 Å². The van der Waals surface area contributed by atoms with Gasteiger partial charge < -0.3 is 0 Å². The second-order valence-corrected chi connectivity index (χ2v) is 15.4. The summed E-state index contributed by atoms with van der Waals surface area (Å²) in [6.45, 7) is 21.0. The Kier molecular flexibility index (Phi) is 5.81. The van der Waals surface area contributed by atoms with Gasteiger partial charge in [0, 0.05) is 13.2 Å². The zero-order valence-electron chi connectivity index (χ0n) is 12.5. The van der Waals surface area contributed by atoms with Gasteiger partial charge in [0.15, 0.2) is 0 Å². The molecule has 0 aliphatic heterocycles. The Balaban J connectivity index is 4.85. The van der Waals surface area contributed by atoms with Gasteiger partial charge in [0.1, 0.15) is 0 Å². The molecule has 0 bridgehead atoms. The van der Waals surface area contributed by atoms with E-state index in [0.717, 1.165) is 0 Å². The van der Waals surface area contributed by atoms with Gasteiger partial charge in [-0.25, -0.2) is 0 Å². The van der Waals surface area contributed by atoms with Crippen molar-refractivity contribution in [3.63, 3.8) is 0 Å². The Morgan fingerprint density at radius 2 is 1.00 bits per heavy atom. The van der Waals surface area contributed by atoms with Gasteiger partial charge in [-0.15, -0.1) is 0 Å². The van der Waals surface area contributed by atoms with E-state index in [4.69, 9.17) is 11.2 Å². The van der Waals surface area contributed by atoms with Gasteiger partial charge in [0.25, 0.3) is 0 Å². The predicted octanol–water partition coefficient (Wildman–Crippen LogP) is 6.46. The monoisotopic (exact) mass is 282 g/mol. The summed E-state index contributed by atoms with van der Waals surface area (Å²) < 4.78 is 0. The van der Waals surface area contributed by atoms with E-state index >= 15 is 0 Å². The Hall–Kier alpha value is 1.15. The molecule has 0 heterocycles. The second kappa shape index (κ2) is 5.42. The molecule has 16 heavy (non-hydrogen) atoms. The van der Waals surface area contributed by atoms with Crippen LogP contribution in [0.5, 0.6) is 0 Å². The summed E-state index contributed by atoms with van der Waals surface area (Å²) in [6.07, 6.45) is 0. The highest BCUT2D eigenvalue weighted by atomic mass is 35.7. The van der Waals surface area contributed by atoms with Crippen LogP contribution in [0.4, 0.5) is 0 Å². The van der Waals surface area contributed by atoms with Gasteiger partial charge in [-0.1, -0.05) is 81.5 Å². The van der Waals surface area contributed by atoms with E-state index in [2.05, 4.69) is 62.3 Å². The lowest BCUT2D eigenvalue weighted by Crippen LogP contribution is -2.27. The average molecular weight is 283 g/mol. The average Bonchev–Trinajstić information content (AvgIpc) is 1.92. The first-order chi connectivity index (χ1) is 6.76. The van der Waals surface area contributed by atoms with Crippen molar-refractivity contribution >= 4 is 26.4 Å². The highest BCUT2D eigenvalue weighted by Crippen LogP contribution is 2.69. The molecule has 1 atom stereocenters. The van der Waals surface area contributed by atoms with Crippen molar-refractivity contribution in [3.05, 3.63) is 0 Å². The van der Waals surface area contributed by atoms with Crippen LogP contribution in [0.25, 0.3) is 0 Å². The van der Waals surface area contributed by atoms with Crippen LogP contribution in [0.3, 0.4) is 0 Å². The van der Waals surface area contributed by atoms with E-state index in [0.29, 0.717) is 10.3 Å². The maximum atomic E-state index is 6.64. The van der Waals surface area contributed by atoms with Crippen LogP contribution in [0.15, 0.2) is 0 Å². The number of hydrogen-bond acceptors (Lipinski definition) is 0. The van der Waals surface area contributed by atoms with Gasteiger partial charge in [-0.3, -0.25) is 0 Å². The van der Waals surface area contributed by atoms with Crippen molar-refractivity contribution in [2.45, 2.75) is 77.8 Å². The molecule has 0 N–H and O–H groups in total. The summed E-state index contributed by atoms with van der Waals surface area (Å²) in [4.78, 5) is 0. The lowest BCUT2D eigenvalue weighted by Gasteiger charge is -2.44. The summed E-state index contributed by atoms with van der Waals surface area (Å²) in [5.41, 5.74) is 0. The second-order valence-electron chi connectivity index (χ2n) is 7.44. The summed E-state index contributed by atoms with van der Waals surface area (Å²) in [5.74, 6) is 1.22. The Labute approximate surface area is 110 Å². The first kappa shape index (κ1) is 17.2. The molecule has 0 saturated carbocycles. The predicted molar refractivity (Wildman–Crippen MR) is 83.8 cm³/mol. The molecular weight excluding hydrogens is 254 g/mol. The van der Waals surface area contributed by atoms with Crippen LogP contribution in [0, 0.1) is 0 Å². The largest absolute Gasteiger partial charge is 0.0955 e. The van der Waals surface area contributed by atoms with Crippen LogP contribution >= 0.6 is 26.4 Å². The molecular formula is C13H29ClP2. The first-order valence-electron chi connectivity index (χ1n) is 5.97. The molecule has 0 spiro atoms. The minimum Gasteiger partial charge on any atom is -0.0955 e. The van der Waals surface area contributed by atoms with Crippen LogP contribution in [-0.2, 0) is 0 Å². The molecule has 0 rings (SSSR count). The van der Waals surface area contributed by atoms with Gasteiger partial charge in [-0.2, -0.15) is 0 Å². The highest BCUT2D eigenvalue weighted by molar-refractivity contribution is 7.92. The third-order valence-corrected chi connectivity index (χ3v) is 11.9. The van der Waals surface area contributed by atoms with Crippen LogP contribution in [-0.4, -0.2) is 21.4 Å². The fraction of sp³-hybridized carbons (Fsp3) is 1.00. The molecule has 0 amide bonds. The zero-order valence-corrected chi connectivity index (χ0v) is 15.0. The molecule has 98 valence electrons. The summed E-state index contributed by atoms with van der Waals surface area (Å²) >= 11 is 6.64. The minimum absolute atomic E-state index is 0.0496. The van der Waals surface area contributed by atoms with E-state index < -0.39 is 0 Å². The molecule has 0 aromatic heterocycles. The van der Waals surface area contributed by atoms with Gasteiger partial charge in [0.05, 0.1) is 0 Å². The van der Waals surface area contributed by atoms with Crippen LogP contribution in [0.1, 0.15) is 62.3 Å². The SMILES string of the molecule is CC(C)(C)P(Cl)CP(C(C)(C)C)C(C)(C)C. The third kappa shape index (κ3) is 5.66. The Morgan fingerprint density at radius 3 is 1.19 bits per heavy atom. The van der Waals surface area contributed by atoms with Crippen molar-refractivity contribution in [1.82, 2.24) is 0 Å². The van der Waals surface area contributed by atoms with Crippen LogP contribution < -0.4 is 0 Å². The fourth-order valence-corrected chi connectivity index (χ4v) is 10.8. The summed E-state index contributed by atoms with van der Waals surface area (Å²) in [5, 5.41) is 1.07. The van der Waals surface area contributed by atoms with E-state index in [-0.39, 0.29) is 20.4 Å². The van der Waals surface area contributed by atoms with Crippen molar-refractivity contribution in [2.75, 3.05) is 5.90 Å². The summed E-state index contributed by atoms with van der Waals surface area (Å²) in [7, 11) is -0.438. The van der Waals surface area contributed by atoms with Crippen molar-refractivity contribution in [1.29, 1.82) is 0 Å². The fourth-order valence-electron chi connectivity index (χ4n) is 1.77.